The van der Waals surface area contributed by atoms with Crippen molar-refractivity contribution in [3.8, 4) is 0 Å². The van der Waals surface area contributed by atoms with Gasteiger partial charge in [0.1, 0.15) is 0 Å². The quantitative estimate of drug-likeness (QED) is 0.825. The lowest BCUT2D eigenvalue weighted by atomic mass is 9.94. The Bertz CT molecular complexity index is 485. The molecular weight excluding hydrogens is 283 g/mol. The molecule has 2 atom stereocenters. The number of carboxylic acids is 1. The molecule has 1 aromatic carbocycles. The number of hydrogen-bond donors (Lipinski definition) is 2. The summed E-state index contributed by atoms with van der Waals surface area (Å²) in [7, 11) is 0. The standard InChI is InChI=1S/C15H18F3NO2/c16-15(17,18)10-6-8-11(9-7-10)19-13-5-3-1-2-4-12(13)14(20)21/h6-9,12-13,19H,1-5H2,(H,20,21). The summed E-state index contributed by atoms with van der Waals surface area (Å²) in [5.41, 5.74) is -0.176. The van der Waals surface area contributed by atoms with Gasteiger partial charge in [0.15, 0.2) is 0 Å². The number of benzene rings is 1. The maximum Gasteiger partial charge on any atom is 0.416 e. The van der Waals surface area contributed by atoms with Crippen LogP contribution in [-0.4, -0.2) is 17.1 Å². The highest BCUT2D eigenvalue weighted by molar-refractivity contribution is 5.71. The Morgan fingerprint density at radius 2 is 1.71 bits per heavy atom. The average Bonchev–Trinajstić information content (AvgIpc) is 2.64. The van der Waals surface area contributed by atoms with Crippen LogP contribution in [0.3, 0.4) is 0 Å². The maximum atomic E-state index is 12.5. The lowest BCUT2D eigenvalue weighted by Crippen LogP contribution is -2.33. The molecule has 0 aliphatic heterocycles. The Morgan fingerprint density at radius 3 is 2.29 bits per heavy atom. The maximum absolute atomic E-state index is 12.5. The molecule has 0 radical (unpaired) electrons. The second-order valence-corrected chi connectivity index (χ2v) is 5.41. The molecule has 0 saturated heterocycles. The second kappa shape index (κ2) is 6.37. The number of halogens is 3. The fourth-order valence-electron chi connectivity index (χ4n) is 2.75. The van der Waals surface area contributed by atoms with Gasteiger partial charge in [0, 0.05) is 11.7 Å². The molecule has 21 heavy (non-hydrogen) atoms. The first-order valence-electron chi connectivity index (χ1n) is 7.04. The normalized spacial score (nSPS) is 23.4. The van der Waals surface area contributed by atoms with Gasteiger partial charge < -0.3 is 10.4 Å². The fraction of sp³-hybridized carbons (Fsp3) is 0.533. The molecule has 1 aromatic rings. The van der Waals surface area contributed by atoms with Crippen LogP contribution >= 0.6 is 0 Å². The smallest absolute Gasteiger partial charge is 0.416 e. The van der Waals surface area contributed by atoms with Crippen LogP contribution < -0.4 is 5.32 Å². The molecule has 1 saturated carbocycles. The van der Waals surface area contributed by atoms with Gasteiger partial charge in [-0.1, -0.05) is 19.3 Å². The zero-order valence-electron chi connectivity index (χ0n) is 11.5. The lowest BCUT2D eigenvalue weighted by Gasteiger charge is -2.24. The van der Waals surface area contributed by atoms with Crippen molar-refractivity contribution in [1.82, 2.24) is 0 Å². The number of carbonyl (C=O) groups is 1. The molecule has 1 fully saturated rings. The van der Waals surface area contributed by atoms with Crippen LogP contribution in [0, 0.1) is 5.92 Å². The van der Waals surface area contributed by atoms with E-state index < -0.39 is 23.6 Å². The van der Waals surface area contributed by atoms with E-state index in [1.807, 2.05) is 0 Å². The van der Waals surface area contributed by atoms with Crippen LogP contribution in [0.1, 0.15) is 37.7 Å². The number of alkyl halides is 3. The molecule has 0 spiro atoms. The van der Waals surface area contributed by atoms with E-state index in [0.717, 1.165) is 37.8 Å². The third-order valence-electron chi connectivity index (χ3n) is 3.90. The Balaban J connectivity index is 2.09. The number of aliphatic carboxylic acids is 1. The largest absolute Gasteiger partial charge is 0.481 e. The molecule has 0 bridgehead atoms. The molecule has 2 N–H and O–H groups in total. The van der Waals surface area contributed by atoms with Crippen LogP contribution in [0.2, 0.25) is 0 Å². The Labute approximate surface area is 121 Å². The van der Waals surface area contributed by atoms with E-state index in [0.29, 0.717) is 12.1 Å². The van der Waals surface area contributed by atoms with Gasteiger partial charge in [0.05, 0.1) is 11.5 Å². The van der Waals surface area contributed by atoms with Crippen LogP contribution in [-0.2, 0) is 11.0 Å². The van der Waals surface area contributed by atoms with E-state index >= 15 is 0 Å². The number of nitrogens with one attached hydrogen (secondary N) is 1. The van der Waals surface area contributed by atoms with Crippen molar-refractivity contribution in [3.63, 3.8) is 0 Å². The van der Waals surface area contributed by atoms with Crippen molar-refractivity contribution in [2.75, 3.05) is 5.32 Å². The molecule has 1 aliphatic carbocycles. The van der Waals surface area contributed by atoms with Gasteiger partial charge in [-0.3, -0.25) is 4.79 Å². The number of anilines is 1. The van der Waals surface area contributed by atoms with Gasteiger partial charge in [-0.15, -0.1) is 0 Å². The Morgan fingerprint density at radius 1 is 1.10 bits per heavy atom. The highest BCUT2D eigenvalue weighted by Gasteiger charge is 2.31. The zero-order chi connectivity index (χ0) is 15.5. The summed E-state index contributed by atoms with van der Waals surface area (Å²) in [4.78, 5) is 11.3. The minimum absolute atomic E-state index is 0.235. The third-order valence-corrected chi connectivity index (χ3v) is 3.90. The van der Waals surface area contributed by atoms with Gasteiger partial charge >= 0.3 is 12.1 Å². The molecule has 3 nitrogen and oxygen atoms in total. The first-order chi connectivity index (χ1) is 9.88. The molecule has 0 amide bonds. The van der Waals surface area contributed by atoms with Crippen molar-refractivity contribution in [2.24, 2.45) is 5.92 Å². The summed E-state index contributed by atoms with van der Waals surface area (Å²) < 4.78 is 37.5. The van der Waals surface area contributed by atoms with Gasteiger partial charge in [-0.25, -0.2) is 0 Å². The summed E-state index contributed by atoms with van der Waals surface area (Å²) in [5.74, 6) is -1.34. The second-order valence-electron chi connectivity index (χ2n) is 5.41. The lowest BCUT2D eigenvalue weighted by molar-refractivity contribution is -0.142. The van der Waals surface area contributed by atoms with E-state index in [1.54, 1.807) is 0 Å². The van der Waals surface area contributed by atoms with Crippen molar-refractivity contribution < 1.29 is 23.1 Å². The monoisotopic (exact) mass is 301 g/mol. The van der Waals surface area contributed by atoms with E-state index in [9.17, 15) is 23.1 Å². The van der Waals surface area contributed by atoms with E-state index in [-0.39, 0.29) is 6.04 Å². The van der Waals surface area contributed by atoms with Crippen molar-refractivity contribution in [2.45, 2.75) is 44.3 Å². The summed E-state index contributed by atoms with van der Waals surface area (Å²) >= 11 is 0. The minimum atomic E-state index is -4.36. The van der Waals surface area contributed by atoms with Crippen LogP contribution in [0.15, 0.2) is 24.3 Å². The average molecular weight is 301 g/mol. The van der Waals surface area contributed by atoms with Crippen molar-refractivity contribution >= 4 is 11.7 Å². The number of hydrogen-bond acceptors (Lipinski definition) is 2. The molecule has 2 unspecified atom stereocenters. The SMILES string of the molecule is O=C(O)C1CCCCCC1Nc1ccc(C(F)(F)F)cc1. The van der Waals surface area contributed by atoms with Crippen molar-refractivity contribution in [3.05, 3.63) is 29.8 Å². The van der Waals surface area contributed by atoms with Crippen molar-refractivity contribution in [1.29, 1.82) is 0 Å². The van der Waals surface area contributed by atoms with Gasteiger partial charge in [0.2, 0.25) is 0 Å². The Kier molecular flexibility index (Phi) is 4.75. The molecule has 0 heterocycles. The van der Waals surface area contributed by atoms with E-state index in [2.05, 4.69) is 5.32 Å². The van der Waals surface area contributed by atoms with Crippen LogP contribution in [0.4, 0.5) is 18.9 Å². The molecule has 0 aromatic heterocycles. The van der Waals surface area contributed by atoms with Gasteiger partial charge in [-0.05, 0) is 37.1 Å². The predicted molar refractivity (Wildman–Crippen MR) is 73.1 cm³/mol. The first-order valence-corrected chi connectivity index (χ1v) is 7.04. The summed E-state index contributed by atoms with van der Waals surface area (Å²) in [5, 5.41) is 12.4. The summed E-state index contributed by atoms with van der Waals surface area (Å²) in [6.07, 6.45) is -0.227. The van der Waals surface area contributed by atoms with E-state index in [1.165, 1.54) is 12.1 Å². The molecule has 116 valence electrons. The molecular formula is C15H18F3NO2. The topological polar surface area (TPSA) is 49.3 Å². The number of rotatable bonds is 3. The molecule has 6 heteroatoms. The first kappa shape index (κ1) is 15.7. The summed E-state index contributed by atoms with van der Waals surface area (Å²) in [6.45, 7) is 0. The predicted octanol–water partition coefficient (Wildman–Crippen LogP) is 4.15. The molecule has 1 aliphatic rings. The zero-order valence-corrected chi connectivity index (χ0v) is 11.5. The Hall–Kier alpha value is -1.72. The highest BCUT2D eigenvalue weighted by atomic mass is 19.4. The van der Waals surface area contributed by atoms with Crippen LogP contribution in [0.5, 0.6) is 0 Å². The number of carboxylic acid groups (broad SMARTS) is 1. The van der Waals surface area contributed by atoms with Gasteiger partial charge in [0.25, 0.3) is 0 Å². The van der Waals surface area contributed by atoms with Gasteiger partial charge in [-0.2, -0.15) is 13.2 Å². The van der Waals surface area contributed by atoms with E-state index in [4.69, 9.17) is 0 Å². The molecule has 2 rings (SSSR count). The van der Waals surface area contributed by atoms with Crippen LogP contribution in [0.25, 0.3) is 0 Å². The third kappa shape index (κ3) is 4.12. The summed E-state index contributed by atoms with van der Waals surface area (Å²) in [6, 6.07) is 4.49. The minimum Gasteiger partial charge on any atom is -0.481 e. The highest BCUT2D eigenvalue weighted by Crippen LogP contribution is 2.31. The fourth-order valence-corrected chi connectivity index (χ4v) is 2.75.